The normalized spacial score (nSPS) is 11.2. The lowest BCUT2D eigenvalue weighted by Gasteiger charge is -2.14. The average Bonchev–Trinajstić information content (AvgIpc) is 2.40. The van der Waals surface area contributed by atoms with Crippen LogP contribution >= 0.6 is 11.6 Å². The van der Waals surface area contributed by atoms with Crippen molar-refractivity contribution in [1.82, 2.24) is 10.2 Å². The fourth-order valence-corrected chi connectivity index (χ4v) is 1.68. The van der Waals surface area contributed by atoms with Crippen molar-refractivity contribution in [3.63, 3.8) is 0 Å². The van der Waals surface area contributed by atoms with Gasteiger partial charge in [-0.3, -0.25) is 0 Å². The SMILES string of the molecule is O=C(O)c1ccc(Nc2ccc(Cl)cc2C(F)(F)F)nn1. The number of benzene rings is 1. The second kappa shape index (κ2) is 5.57. The van der Waals surface area contributed by atoms with Gasteiger partial charge in [-0.25, -0.2) is 4.79 Å². The second-order valence-corrected chi connectivity index (χ2v) is 4.36. The molecule has 0 amide bonds. The molecular weight excluding hydrogens is 311 g/mol. The zero-order valence-electron chi connectivity index (χ0n) is 10.1. The van der Waals surface area contributed by atoms with Gasteiger partial charge in [-0.1, -0.05) is 11.6 Å². The topological polar surface area (TPSA) is 75.1 Å². The maximum absolute atomic E-state index is 12.9. The van der Waals surface area contributed by atoms with E-state index in [1.54, 1.807) is 0 Å². The molecule has 2 N–H and O–H groups in total. The van der Waals surface area contributed by atoms with Crippen LogP contribution in [0.25, 0.3) is 0 Å². The van der Waals surface area contributed by atoms with Crippen LogP contribution in [0.15, 0.2) is 30.3 Å². The van der Waals surface area contributed by atoms with E-state index in [2.05, 4.69) is 15.5 Å². The van der Waals surface area contributed by atoms with Crippen molar-refractivity contribution in [2.75, 3.05) is 5.32 Å². The van der Waals surface area contributed by atoms with Gasteiger partial charge in [0.05, 0.1) is 11.3 Å². The minimum atomic E-state index is -4.60. The van der Waals surface area contributed by atoms with Gasteiger partial charge >= 0.3 is 12.1 Å². The number of aromatic carboxylic acids is 1. The standard InChI is InChI=1S/C12H7ClF3N3O2/c13-6-1-2-8(7(5-6)12(14,15)16)17-10-4-3-9(11(20)21)18-19-10/h1-5H,(H,17,19)(H,20,21). The van der Waals surface area contributed by atoms with E-state index in [1.807, 2.05) is 0 Å². The van der Waals surface area contributed by atoms with E-state index in [0.29, 0.717) is 0 Å². The lowest BCUT2D eigenvalue weighted by atomic mass is 10.1. The Hall–Kier alpha value is -2.35. The van der Waals surface area contributed by atoms with E-state index in [-0.39, 0.29) is 22.2 Å². The van der Waals surface area contributed by atoms with E-state index in [0.717, 1.165) is 18.2 Å². The molecule has 0 saturated heterocycles. The van der Waals surface area contributed by atoms with Crippen LogP contribution in [0.2, 0.25) is 5.02 Å². The third kappa shape index (κ3) is 3.60. The summed E-state index contributed by atoms with van der Waals surface area (Å²) >= 11 is 5.56. The first-order valence-electron chi connectivity index (χ1n) is 5.48. The number of halogens is 4. The molecule has 21 heavy (non-hydrogen) atoms. The van der Waals surface area contributed by atoms with E-state index in [1.165, 1.54) is 12.1 Å². The van der Waals surface area contributed by atoms with Crippen LogP contribution in [0.3, 0.4) is 0 Å². The number of anilines is 2. The molecule has 110 valence electrons. The van der Waals surface area contributed by atoms with Gasteiger partial charge in [-0.15, -0.1) is 10.2 Å². The van der Waals surface area contributed by atoms with E-state index < -0.39 is 17.7 Å². The van der Waals surface area contributed by atoms with Crippen LogP contribution in [0, 0.1) is 0 Å². The van der Waals surface area contributed by atoms with Crippen molar-refractivity contribution in [2.45, 2.75) is 6.18 Å². The molecule has 1 aromatic heterocycles. The highest BCUT2D eigenvalue weighted by Gasteiger charge is 2.33. The number of hydrogen-bond acceptors (Lipinski definition) is 4. The highest BCUT2D eigenvalue weighted by atomic mass is 35.5. The van der Waals surface area contributed by atoms with Crippen LogP contribution in [-0.2, 0) is 6.18 Å². The Morgan fingerprint density at radius 3 is 2.43 bits per heavy atom. The van der Waals surface area contributed by atoms with Gasteiger partial charge < -0.3 is 10.4 Å². The number of aromatic nitrogens is 2. The first-order valence-corrected chi connectivity index (χ1v) is 5.86. The van der Waals surface area contributed by atoms with Crippen LogP contribution < -0.4 is 5.32 Å². The molecule has 1 heterocycles. The van der Waals surface area contributed by atoms with E-state index >= 15 is 0 Å². The Kier molecular flexibility index (Phi) is 3.99. The number of nitrogens with one attached hydrogen (secondary N) is 1. The summed E-state index contributed by atoms with van der Waals surface area (Å²) in [6.07, 6.45) is -4.60. The number of carboxylic acids is 1. The number of rotatable bonds is 3. The summed E-state index contributed by atoms with van der Waals surface area (Å²) in [7, 11) is 0. The molecule has 0 spiro atoms. The number of carbonyl (C=O) groups is 1. The molecule has 2 aromatic rings. The Morgan fingerprint density at radius 1 is 1.19 bits per heavy atom. The molecule has 0 bridgehead atoms. The number of nitrogens with zero attached hydrogens (tertiary/aromatic N) is 2. The molecule has 0 aliphatic rings. The Balaban J connectivity index is 2.33. The minimum Gasteiger partial charge on any atom is -0.476 e. The second-order valence-electron chi connectivity index (χ2n) is 3.92. The highest BCUT2D eigenvalue weighted by Crippen LogP contribution is 2.37. The summed E-state index contributed by atoms with van der Waals surface area (Å²) in [5, 5.41) is 17.9. The van der Waals surface area contributed by atoms with Gasteiger partial charge in [0.25, 0.3) is 0 Å². The Bertz CT molecular complexity index is 674. The van der Waals surface area contributed by atoms with Crippen molar-refractivity contribution in [1.29, 1.82) is 0 Å². The molecule has 1 aromatic carbocycles. The molecule has 0 radical (unpaired) electrons. The fraction of sp³-hybridized carbons (Fsp3) is 0.0833. The summed E-state index contributed by atoms with van der Waals surface area (Å²) in [5.74, 6) is -1.30. The van der Waals surface area contributed by atoms with Gasteiger partial charge in [0.15, 0.2) is 11.5 Å². The lowest BCUT2D eigenvalue weighted by molar-refractivity contribution is -0.136. The van der Waals surface area contributed by atoms with Crippen LogP contribution in [-0.4, -0.2) is 21.3 Å². The number of hydrogen-bond donors (Lipinski definition) is 2. The summed E-state index contributed by atoms with van der Waals surface area (Å²) in [5.41, 5.74) is -1.53. The average molecular weight is 318 g/mol. The lowest BCUT2D eigenvalue weighted by Crippen LogP contribution is -2.10. The summed E-state index contributed by atoms with van der Waals surface area (Å²) in [6, 6.07) is 5.56. The number of carboxylic acid groups (broad SMARTS) is 1. The summed E-state index contributed by atoms with van der Waals surface area (Å²) in [6.45, 7) is 0. The fourth-order valence-electron chi connectivity index (χ4n) is 1.51. The van der Waals surface area contributed by atoms with Crippen molar-refractivity contribution < 1.29 is 23.1 Å². The first kappa shape index (κ1) is 15.0. The van der Waals surface area contributed by atoms with Crippen LogP contribution in [0.5, 0.6) is 0 Å². The van der Waals surface area contributed by atoms with Gasteiger partial charge in [0.1, 0.15) is 0 Å². The van der Waals surface area contributed by atoms with Crippen molar-refractivity contribution in [3.05, 3.63) is 46.6 Å². The van der Waals surface area contributed by atoms with Crippen LogP contribution in [0.4, 0.5) is 24.7 Å². The third-order valence-corrected chi connectivity index (χ3v) is 2.67. The molecule has 5 nitrogen and oxygen atoms in total. The van der Waals surface area contributed by atoms with Gasteiger partial charge in [0, 0.05) is 5.02 Å². The Labute approximate surface area is 121 Å². The summed E-state index contributed by atoms with van der Waals surface area (Å²) < 4.78 is 38.7. The molecule has 0 fully saturated rings. The quantitative estimate of drug-likeness (QED) is 0.904. The maximum Gasteiger partial charge on any atom is 0.418 e. The predicted molar refractivity (Wildman–Crippen MR) is 68.7 cm³/mol. The predicted octanol–water partition coefficient (Wildman–Crippen LogP) is 3.59. The molecule has 0 atom stereocenters. The van der Waals surface area contributed by atoms with Gasteiger partial charge in [0.2, 0.25) is 0 Å². The zero-order chi connectivity index (χ0) is 15.6. The largest absolute Gasteiger partial charge is 0.476 e. The molecule has 0 aliphatic heterocycles. The Morgan fingerprint density at radius 2 is 1.90 bits per heavy atom. The molecule has 0 aliphatic carbocycles. The molecule has 2 rings (SSSR count). The van der Waals surface area contributed by atoms with E-state index in [4.69, 9.17) is 16.7 Å². The van der Waals surface area contributed by atoms with Crippen molar-refractivity contribution >= 4 is 29.1 Å². The molecule has 0 unspecified atom stereocenters. The van der Waals surface area contributed by atoms with Gasteiger partial charge in [-0.05, 0) is 30.3 Å². The van der Waals surface area contributed by atoms with Crippen molar-refractivity contribution in [3.8, 4) is 0 Å². The first-order chi connectivity index (χ1) is 9.77. The summed E-state index contributed by atoms with van der Waals surface area (Å²) in [4.78, 5) is 10.6. The smallest absolute Gasteiger partial charge is 0.418 e. The monoisotopic (exact) mass is 317 g/mol. The highest BCUT2D eigenvalue weighted by molar-refractivity contribution is 6.30. The molecule has 0 saturated carbocycles. The van der Waals surface area contributed by atoms with Crippen LogP contribution in [0.1, 0.15) is 16.1 Å². The van der Waals surface area contributed by atoms with Gasteiger partial charge in [-0.2, -0.15) is 13.2 Å². The molecule has 9 heteroatoms. The minimum absolute atomic E-state index is 0.0205. The van der Waals surface area contributed by atoms with E-state index in [9.17, 15) is 18.0 Å². The number of alkyl halides is 3. The maximum atomic E-state index is 12.9. The van der Waals surface area contributed by atoms with Crippen molar-refractivity contribution in [2.24, 2.45) is 0 Å². The third-order valence-electron chi connectivity index (χ3n) is 2.43. The molecular formula is C12H7ClF3N3O2. The zero-order valence-corrected chi connectivity index (χ0v) is 10.9.